The van der Waals surface area contributed by atoms with Crippen molar-refractivity contribution in [3.05, 3.63) is 59.7 Å². The van der Waals surface area contributed by atoms with E-state index in [1.54, 1.807) is 6.07 Å². The minimum Gasteiger partial charge on any atom is -0.330 e. The van der Waals surface area contributed by atoms with E-state index in [0.29, 0.717) is 24.5 Å². The molecule has 1 heterocycles. The predicted octanol–water partition coefficient (Wildman–Crippen LogP) is 2.32. The molecule has 4 N–H and O–H groups in total. The molecule has 0 spiro atoms. The van der Waals surface area contributed by atoms with Crippen LogP contribution in [0.4, 0.5) is 5.95 Å². The second kappa shape index (κ2) is 5.76. The van der Waals surface area contributed by atoms with Gasteiger partial charge in [0.15, 0.2) is 0 Å². The third-order valence-electron chi connectivity index (χ3n) is 3.30. The Kier molecular flexibility index (Phi) is 3.66. The van der Waals surface area contributed by atoms with Crippen molar-refractivity contribution in [1.29, 1.82) is 0 Å². The van der Waals surface area contributed by atoms with E-state index in [4.69, 9.17) is 5.73 Å². The second-order valence-corrected chi connectivity index (χ2v) is 4.75. The van der Waals surface area contributed by atoms with E-state index in [-0.39, 0.29) is 5.91 Å². The minimum atomic E-state index is -0.182. The molecule has 0 atom stereocenters. The van der Waals surface area contributed by atoms with Crippen molar-refractivity contribution < 1.29 is 4.79 Å². The fraction of sp³-hybridized carbons (Fsp3) is 0.125. The summed E-state index contributed by atoms with van der Waals surface area (Å²) in [5, 5.41) is 2.80. The Bertz CT molecular complexity index is 746. The fourth-order valence-corrected chi connectivity index (χ4v) is 2.30. The average molecular weight is 280 g/mol. The van der Waals surface area contributed by atoms with Crippen LogP contribution in [0, 0.1) is 0 Å². The van der Waals surface area contributed by atoms with Crippen LogP contribution >= 0.6 is 0 Å². The van der Waals surface area contributed by atoms with Gasteiger partial charge in [-0.2, -0.15) is 0 Å². The number of benzene rings is 2. The Morgan fingerprint density at radius 1 is 1.14 bits per heavy atom. The van der Waals surface area contributed by atoms with Crippen LogP contribution in [0.2, 0.25) is 0 Å². The third-order valence-corrected chi connectivity index (χ3v) is 3.30. The van der Waals surface area contributed by atoms with Crippen LogP contribution < -0.4 is 11.1 Å². The lowest BCUT2D eigenvalue weighted by Crippen LogP contribution is -2.16. The average Bonchev–Trinajstić information content (AvgIpc) is 2.90. The standard InChI is InChI=1S/C16H16N4O/c17-10-9-11-5-1-2-6-12(11)15(21)20-16-18-13-7-3-4-8-14(13)19-16/h1-8H,9-10,17H2,(H2,18,19,20,21). The molecule has 0 saturated heterocycles. The van der Waals surface area contributed by atoms with Crippen molar-refractivity contribution >= 4 is 22.9 Å². The van der Waals surface area contributed by atoms with Crippen LogP contribution in [-0.2, 0) is 6.42 Å². The van der Waals surface area contributed by atoms with E-state index in [2.05, 4.69) is 15.3 Å². The first-order valence-corrected chi connectivity index (χ1v) is 6.82. The van der Waals surface area contributed by atoms with Gasteiger partial charge in [0.2, 0.25) is 5.95 Å². The van der Waals surface area contributed by atoms with Crippen molar-refractivity contribution in [3.8, 4) is 0 Å². The van der Waals surface area contributed by atoms with Gasteiger partial charge in [-0.1, -0.05) is 30.3 Å². The maximum Gasteiger partial charge on any atom is 0.258 e. The van der Waals surface area contributed by atoms with Crippen molar-refractivity contribution in [2.75, 3.05) is 11.9 Å². The molecule has 1 aromatic heterocycles. The van der Waals surface area contributed by atoms with Crippen LogP contribution in [0.25, 0.3) is 11.0 Å². The van der Waals surface area contributed by atoms with Crippen LogP contribution in [0.15, 0.2) is 48.5 Å². The molecule has 0 bridgehead atoms. The number of hydrogen-bond acceptors (Lipinski definition) is 3. The highest BCUT2D eigenvalue weighted by molar-refractivity contribution is 6.05. The summed E-state index contributed by atoms with van der Waals surface area (Å²) >= 11 is 0. The van der Waals surface area contributed by atoms with Gasteiger partial charge >= 0.3 is 0 Å². The van der Waals surface area contributed by atoms with Gasteiger partial charge in [0.1, 0.15) is 0 Å². The summed E-state index contributed by atoms with van der Waals surface area (Å²) < 4.78 is 0. The lowest BCUT2D eigenvalue weighted by molar-refractivity contribution is 0.102. The van der Waals surface area contributed by atoms with Crippen molar-refractivity contribution in [1.82, 2.24) is 9.97 Å². The molecule has 0 aliphatic rings. The normalized spacial score (nSPS) is 10.7. The largest absolute Gasteiger partial charge is 0.330 e. The Morgan fingerprint density at radius 3 is 2.71 bits per heavy atom. The molecule has 0 aliphatic heterocycles. The highest BCUT2D eigenvalue weighted by atomic mass is 16.1. The lowest BCUT2D eigenvalue weighted by Gasteiger charge is -2.07. The molecule has 0 fully saturated rings. The maximum absolute atomic E-state index is 12.4. The molecule has 5 heteroatoms. The molecule has 21 heavy (non-hydrogen) atoms. The quantitative estimate of drug-likeness (QED) is 0.685. The van der Waals surface area contributed by atoms with Crippen molar-refractivity contribution in [2.24, 2.45) is 5.73 Å². The number of nitrogens with zero attached hydrogens (tertiary/aromatic N) is 1. The SMILES string of the molecule is NCCc1ccccc1C(=O)Nc1nc2ccccc2[nH]1. The zero-order valence-corrected chi connectivity index (χ0v) is 11.5. The number of aromatic nitrogens is 2. The number of rotatable bonds is 4. The number of para-hydroxylation sites is 2. The van der Waals surface area contributed by atoms with Gasteiger partial charge in [-0.15, -0.1) is 0 Å². The van der Waals surface area contributed by atoms with Gasteiger partial charge in [-0.05, 0) is 36.7 Å². The number of carbonyl (C=O) groups is 1. The van der Waals surface area contributed by atoms with E-state index >= 15 is 0 Å². The number of amides is 1. The number of aromatic amines is 1. The molecule has 2 aromatic carbocycles. The van der Waals surface area contributed by atoms with E-state index in [0.717, 1.165) is 16.6 Å². The zero-order chi connectivity index (χ0) is 14.7. The maximum atomic E-state index is 12.4. The van der Waals surface area contributed by atoms with Gasteiger partial charge in [0.05, 0.1) is 11.0 Å². The summed E-state index contributed by atoms with van der Waals surface area (Å²) in [4.78, 5) is 19.8. The van der Waals surface area contributed by atoms with Gasteiger partial charge in [-0.25, -0.2) is 4.98 Å². The molecular formula is C16H16N4O. The number of imidazole rings is 1. The smallest absolute Gasteiger partial charge is 0.258 e. The molecule has 0 saturated carbocycles. The number of nitrogens with one attached hydrogen (secondary N) is 2. The highest BCUT2D eigenvalue weighted by Crippen LogP contribution is 2.15. The van der Waals surface area contributed by atoms with E-state index in [9.17, 15) is 4.79 Å². The molecule has 3 aromatic rings. The molecule has 106 valence electrons. The molecule has 1 amide bonds. The molecule has 5 nitrogen and oxygen atoms in total. The highest BCUT2D eigenvalue weighted by Gasteiger charge is 2.12. The summed E-state index contributed by atoms with van der Waals surface area (Å²) in [5.74, 6) is 0.266. The Balaban J connectivity index is 1.86. The first-order valence-electron chi connectivity index (χ1n) is 6.82. The van der Waals surface area contributed by atoms with E-state index < -0.39 is 0 Å². The molecule has 0 radical (unpaired) electrons. The number of hydrogen-bond donors (Lipinski definition) is 3. The van der Waals surface area contributed by atoms with Gasteiger partial charge < -0.3 is 10.7 Å². The number of anilines is 1. The monoisotopic (exact) mass is 280 g/mol. The van der Waals surface area contributed by atoms with Gasteiger partial charge in [0, 0.05) is 5.56 Å². The summed E-state index contributed by atoms with van der Waals surface area (Å²) in [6.07, 6.45) is 0.670. The first-order chi connectivity index (χ1) is 10.3. The third kappa shape index (κ3) is 2.78. The van der Waals surface area contributed by atoms with Crippen molar-refractivity contribution in [2.45, 2.75) is 6.42 Å². The van der Waals surface area contributed by atoms with Crippen LogP contribution in [-0.4, -0.2) is 22.4 Å². The van der Waals surface area contributed by atoms with Crippen LogP contribution in [0.1, 0.15) is 15.9 Å². The zero-order valence-electron chi connectivity index (χ0n) is 11.5. The summed E-state index contributed by atoms with van der Waals surface area (Å²) in [5.41, 5.74) is 8.86. The van der Waals surface area contributed by atoms with Gasteiger partial charge in [0.25, 0.3) is 5.91 Å². The Labute approximate surface area is 122 Å². The Hall–Kier alpha value is -2.66. The lowest BCUT2D eigenvalue weighted by atomic mass is 10.0. The predicted molar refractivity (Wildman–Crippen MR) is 83.2 cm³/mol. The first kappa shape index (κ1) is 13.3. The topological polar surface area (TPSA) is 83.8 Å². The summed E-state index contributed by atoms with van der Waals surface area (Å²) in [7, 11) is 0. The molecular weight excluding hydrogens is 264 g/mol. The molecule has 0 unspecified atom stereocenters. The van der Waals surface area contributed by atoms with E-state index in [1.165, 1.54) is 0 Å². The summed E-state index contributed by atoms with van der Waals surface area (Å²) in [6.45, 7) is 0.509. The van der Waals surface area contributed by atoms with Crippen LogP contribution in [0.5, 0.6) is 0 Å². The van der Waals surface area contributed by atoms with Gasteiger partial charge in [-0.3, -0.25) is 10.1 Å². The number of H-pyrrole nitrogens is 1. The fourth-order valence-electron chi connectivity index (χ4n) is 2.30. The number of nitrogens with two attached hydrogens (primary N) is 1. The number of fused-ring (bicyclic) bond motifs is 1. The number of carbonyl (C=O) groups excluding carboxylic acids is 1. The summed E-state index contributed by atoms with van der Waals surface area (Å²) in [6, 6.07) is 15.1. The minimum absolute atomic E-state index is 0.182. The molecule has 3 rings (SSSR count). The van der Waals surface area contributed by atoms with E-state index in [1.807, 2.05) is 42.5 Å². The second-order valence-electron chi connectivity index (χ2n) is 4.75. The molecule has 0 aliphatic carbocycles. The van der Waals surface area contributed by atoms with Crippen LogP contribution in [0.3, 0.4) is 0 Å². The van der Waals surface area contributed by atoms with Crippen molar-refractivity contribution in [3.63, 3.8) is 0 Å². The Morgan fingerprint density at radius 2 is 1.90 bits per heavy atom.